The van der Waals surface area contributed by atoms with Gasteiger partial charge >= 0.3 is 6.03 Å². The Morgan fingerprint density at radius 1 is 1.07 bits per heavy atom. The van der Waals surface area contributed by atoms with Gasteiger partial charge in [-0.25, -0.2) is 9.69 Å². The Morgan fingerprint density at radius 2 is 1.78 bits per heavy atom. The van der Waals surface area contributed by atoms with Gasteiger partial charge in [-0.1, -0.05) is 34.1 Å². The molecule has 1 N–H and O–H groups in total. The fraction of sp³-hybridized carbons (Fsp3) is 0.150. The zero-order chi connectivity index (χ0) is 19.6. The molecule has 0 spiro atoms. The molecule has 4 amide bonds. The van der Waals surface area contributed by atoms with E-state index in [2.05, 4.69) is 21.2 Å². The predicted molar refractivity (Wildman–Crippen MR) is 105 cm³/mol. The number of hydrogen-bond acceptors (Lipinski definition) is 4. The van der Waals surface area contributed by atoms with Crippen LogP contribution in [0.3, 0.4) is 0 Å². The fourth-order valence-corrected chi connectivity index (χ4v) is 3.00. The third kappa shape index (κ3) is 4.09. The average Bonchev–Trinajstić information content (AvgIpc) is 2.61. The van der Waals surface area contributed by atoms with E-state index in [1.807, 2.05) is 19.9 Å². The number of carbonyl (C=O) groups is 3. The van der Waals surface area contributed by atoms with Gasteiger partial charge in [0.25, 0.3) is 11.8 Å². The molecular formula is C20H17BrN2O4. The topological polar surface area (TPSA) is 75.7 Å². The number of ether oxygens (including phenoxy) is 1. The zero-order valence-electron chi connectivity index (χ0n) is 14.7. The number of rotatable bonds is 4. The Bertz CT molecular complexity index is 938. The summed E-state index contributed by atoms with van der Waals surface area (Å²) in [6.07, 6.45) is 1.35. The first-order valence-electron chi connectivity index (χ1n) is 8.29. The highest BCUT2D eigenvalue weighted by molar-refractivity contribution is 9.10. The Morgan fingerprint density at radius 3 is 2.44 bits per heavy atom. The molecule has 1 aliphatic rings. The van der Waals surface area contributed by atoms with E-state index in [1.165, 1.54) is 6.08 Å². The molecule has 0 unspecified atom stereocenters. The molecule has 138 valence electrons. The van der Waals surface area contributed by atoms with Gasteiger partial charge in [-0.3, -0.25) is 14.9 Å². The maximum Gasteiger partial charge on any atom is 0.335 e. The van der Waals surface area contributed by atoms with Crippen molar-refractivity contribution in [3.8, 4) is 5.75 Å². The van der Waals surface area contributed by atoms with Crippen LogP contribution in [0.25, 0.3) is 6.08 Å². The minimum absolute atomic E-state index is 0.0818. The molecule has 0 radical (unpaired) electrons. The van der Waals surface area contributed by atoms with Gasteiger partial charge in [0.15, 0.2) is 0 Å². The van der Waals surface area contributed by atoms with Gasteiger partial charge < -0.3 is 4.74 Å². The second-order valence-electron chi connectivity index (χ2n) is 6.14. The lowest BCUT2D eigenvalue weighted by Crippen LogP contribution is -2.54. The maximum absolute atomic E-state index is 12.9. The highest BCUT2D eigenvalue weighted by Crippen LogP contribution is 2.28. The quantitative estimate of drug-likeness (QED) is 0.591. The van der Waals surface area contributed by atoms with Crippen LogP contribution in [0.15, 0.2) is 58.6 Å². The van der Waals surface area contributed by atoms with Crippen molar-refractivity contribution in [1.82, 2.24) is 5.32 Å². The van der Waals surface area contributed by atoms with E-state index in [-0.39, 0.29) is 11.7 Å². The molecule has 6 nitrogen and oxygen atoms in total. The number of para-hydroxylation sites is 1. The summed E-state index contributed by atoms with van der Waals surface area (Å²) >= 11 is 3.38. The van der Waals surface area contributed by atoms with E-state index in [0.29, 0.717) is 17.0 Å². The summed E-state index contributed by atoms with van der Waals surface area (Å²) in [6.45, 7) is 3.76. The normalized spacial score (nSPS) is 16.1. The lowest BCUT2D eigenvalue weighted by Gasteiger charge is -2.26. The molecule has 7 heteroatoms. The van der Waals surface area contributed by atoms with Gasteiger partial charge in [0.05, 0.1) is 11.8 Å². The van der Waals surface area contributed by atoms with Crippen molar-refractivity contribution in [2.24, 2.45) is 0 Å². The van der Waals surface area contributed by atoms with Crippen LogP contribution < -0.4 is 15.0 Å². The summed E-state index contributed by atoms with van der Waals surface area (Å²) in [4.78, 5) is 38.3. The number of hydrogen-bond donors (Lipinski definition) is 1. The van der Waals surface area contributed by atoms with Crippen LogP contribution in [0, 0.1) is 0 Å². The van der Waals surface area contributed by atoms with Crippen LogP contribution >= 0.6 is 15.9 Å². The number of benzene rings is 2. The summed E-state index contributed by atoms with van der Waals surface area (Å²) in [6, 6.07) is 13.0. The maximum atomic E-state index is 12.9. The van der Waals surface area contributed by atoms with E-state index < -0.39 is 17.8 Å². The standard InChI is InChI=1S/C20H17BrN2O4/c1-12(2)27-17-9-8-14(21)10-13(17)11-16-18(24)22-20(26)23(19(16)25)15-6-4-3-5-7-15/h3-12H,1-2H3,(H,22,24,26)/b16-11+. The second kappa shape index (κ2) is 7.75. The summed E-state index contributed by atoms with van der Waals surface area (Å²) in [5.41, 5.74) is 0.787. The Balaban J connectivity index is 2.05. The van der Waals surface area contributed by atoms with Crippen molar-refractivity contribution >= 4 is 45.5 Å². The largest absolute Gasteiger partial charge is 0.490 e. The molecule has 0 aromatic heterocycles. The minimum Gasteiger partial charge on any atom is -0.490 e. The molecule has 27 heavy (non-hydrogen) atoms. The number of amides is 4. The molecule has 2 aromatic rings. The molecule has 2 aromatic carbocycles. The van der Waals surface area contributed by atoms with Crippen molar-refractivity contribution in [2.75, 3.05) is 4.90 Å². The predicted octanol–water partition coefficient (Wildman–Crippen LogP) is 3.90. The van der Waals surface area contributed by atoms with Crippen molar-refractivity contribution in [2.45, 2.75) is 20.0 Å². The number of barbiturate groups is 1. The molecule has 3 rings (SSSR count). The van der Waals surface area contributed by atoms with E-state index in [0.717, 1.165) is 9.37 Å². The van der Waals surface area contributed by atoms with Gasteiger partial charge in [-0.05, 0) is 50.3 Å². The molecular weight excluding hydrogens is 412 g/mol. The summed E-state index contributed by atoms with van der Waals surface area (Å²) in [7, 11) is 0. The average molecular weight is 429 g/mol. The number of halogens is 1. The number of nitrogens with zero attached hydrogens (tertiary/aromatic N) is 1. The first-order chi connectivity index (χ1) is 12.9. The molecule has 0 atom stereocenters. The first kappa shape index (κ1) is 18.8. The smallest absolute Gasteiger partial charge is 0.335 e. The second-order valence-corrected chi connectivity index (χ2v) is 7.06. The Kier molecular flexibility index (Phi) is 5.41. The summed E-state index contributed by atoms with van der Waals surface area (Å²) in [5.74, 6) is -0.900. The van der Waals surface area contributed by atoms with Crippen molar-refractivity contribution < 1.29 is 19.1 Å². The van der Waals surface area contributed by atoms with Crippen LogP contribution in [-0.2, 0) is 9.59 Å². The first-order valence-corrected chi connectivity index (χ1v) is 9.09. The van der Waals surface area contributed by atoms with Crippen LogP contribution in [0.4, 0.5) is 10.5 Å². The van der Waals surface area contributed by atoms with Crippen LogP contribution in [0.2, 0.25) is 0 Å². The van der Waals surface area contributed by atoms with Gasteiger partial charge in [-0.2, -0.15) is 0 Å². The van der Waals surface area contributed by atoms with Gasteiger partial charge in [0, 0.05) is 10.0 Å². The lowest BCUT2D eigenvalue weighted by molar-refractivity contribution is -0.122. The zero-order valence-corrected chi connectivity index (χ0v) is 16.3. The fourth-order valence-electron chi connectivity index (χ4n) is 2.62. The molecule has 1 saturated heterocycles. The van der Waals surface area contributed by atoms with E-state index in [1.54, 1.807) is 42.5 Å². The number of imide groups is 2. The molecule has 0 saturated carbocycles. The van der Waals surface area contributed by atoms with Crippen molar-refractivity contribution in [3.05, 3.63) is 64.1 Å². The van der Waals surface area contributed by atoms with Crippen LogP contribution in [0.5, 0.6) is 5.75 Å². The third-order valence-electron chi connectivity index (χ3n) is 3.75. The molecule has 0 aliphatic carbocycles. The van der Waals surface area contributed by atoms with Crippen LogP contribution in [-0.4, -0.2) is 23.9 Å². The van der Waals surface area contributed by atoms with E-state index >= 15 is 0 Å². The lowest BCUT2D eigenvalue weighted by atomic mass is 10.1. The van der Waals surface area contributed by atoms with Crippen LogP contribution in [0.1, 0.15) is 19.4 Å². The molecule has 1 aliphatic heterocycles. The third-order valence-corrected chi connectivity index (χ3v) is 4.24. The van der Waals surface area contributed by atoms with E-state index in [4.69, 9.17) is 4.74 Å². The SMILES string of the molecule is CC(C)Oc1ccc(Br)cc1/C=C1\C(=O)NC(=O)N(c2ccccc2)C1=O. The number of carbonyl (C=O) groups excluding carboxylic acids is 3. The Labute approximate surface area is 164 Å². The number of nitrogens with one attached hydrogen (secondary N) is 1. The van der Waals surface area contributed by atoms with E-state index in [9.17, 15) is 14.4 Å². The highest BCUT2D eigenvalue weighted by Gasteiger charge is 2.36. The molecule has 1 heterocycles. The molecule has 0 bridgehead atoms. The van der Waals surface area contributed by atoms with Gasteiger partial charge in [0.2, 0.25) is 0 Å². The van der Waals surface area contributed by atoms with Gasteiger partial charge in [-0.15, -0.1) is 0 Å². The number of urea groups is 1. The Hall–Kier alpha value is -2.93. The monoisotopic (exact) mass is 428 g/mol. The van der Waals surface area contributed by atoms with Gasteiger partial charge in [0.1, 0.15) is 11.3 Å². The summed E-state index contributed by atoms with van der Waals surface area (Å²) < 4.78 is 6.52. The summed E-state index contributed by atoms with van der Waals surface area (Å²) in [5, 5.41) is 2.21. The van der Waals surface area contributed by atoms with Crippen molar-refractivity contribution in [3.63, 3.8) is 0 Å². The van der Waals surface area contributed by atoms with Crippen molar-refractivity contribution in [1.29, 1.82) is 0 Å². The number of anilines is 1. The highest BCUT2D eigenvalue weighted by atomic mass is 79.9. The molecule has 1 fully saturated rings. The minimum atomic E-state index is -0.777.